The van der Waals surface area contributed by atoms with E-state index >= 15 is 0 Å². The van der Waals surface area contributed by atoms with E-state index < -0.39 is 11.4 Å². The van der Waals surface area contributed by atoms with E-state index in [0.717, 1.165) is 18.5 Å². The Kier molecular flexibility index (Phi) is 3.85. The average molecular weight is 469 g/mol. The van der Waals surface area contributed by atoms with Crippen LogP contribution < -0.4 is 15.0 Å². The van der Waals surface area contributed by atoms with Crippen LogP contribution in [0.1, 0.15) is 47.1 Å². The van der Waals surface area contributed by atoms with Crippen molar-refractivity contribution in [2.24, 2.45) is 0 Å². The number of H-pyrrole nitrogens is 1. The SMILES string of the molecule is COc1ccc(Cl)cc1N1C(=O)c2n[nH]c(C3(C)CC3)c2C12C(=O)Nc1cc(Cl)ccc12. The summed E-state index contributed by atoms with van der Waals surface area (Å²) < 4.78 is 5.56. The van der Waals surface area contributed by atoms with Crippen LogP contribution in [0.3, 0.4) is 0 Å². The number of fused-ring (bicyclic) bond motifs is 4. The van der Waals surface area contributed by atoms with E-state index in [0.29, 0.717) is 38.3 Å². The first-order chi connectivity index (χ1) is 15.3. The second-order valence-corrected chi connectivity index (χ2v) is 9.57. The van der Waals surface area contributed by atoms with Crippen molar-refractivity contribution in [2.45, 2.75) is 30.7 Å². The smallest absolute Gasteiger partial charge is 0.280 e. The molecule has 3 heterocycles. The molecule has 1 aliphatic carbocycles. The molecular weight excluding hydrogens is 451 g/mol. The molecule has 0 saturated heterocycles. The first-order valence-corrected chi connectivity index (χ1v) is 11.0. The van der Waals surface area contributed by atoms with Gasteiger partial charge < -0.3 is 10.1 Å². The summed E-state index contributed by atoms with van der Waals surface area (Å²) in [7, 11) is 1.51. The number of aromatic amines is 1. The Labute approximate surface area is 193 Å². The zero-order valence-corrected chi connectivity index (χ0v) is 18.8. The van der Waals surface area contributed by atoms with Crippen molar-refractivity contribution in [3.63, 3.8) is 0 Å². The van der Waals surface area contributed by atoms with Crippen LogP contribution in [0.15, 0.2) is 36.4 Å². The minimum atomic E-state index is -1.46. The number of halogens is 2. The van der Waals surface area contributed by atoms with Gasteiger partial charge in [-0.05, 0) is 43.2 Å². The molecule has 162 valence electrons. The molecule has 3 aromatic rings. The monoisotopic (exact) mass is 468 g/mol. The lowest BCUT2D eigenvalue weighted by Gasteiger charge is -2.35. The van der Waals surface area contributed by atoms with E-state index in [1.165, 1.54) is 12.0 Å². The van der Waals surface area contributed by atoms with Crippen molar-refractivity contribution < 1.29 is 14.3 Å². The highest BCUT2D eigenvalue weighted by atomic mass is 35.5. The van der Waals surface area contributed by atoms with Crippen molar-refractivity contribution in [2.75, 3.05) is 17.3 Å². The van der Waals surface area contributed by atoms with Gasteiger partial charge in [0.2, 0.25) is 0 Å². The predicted octanol–water partition coefficient (Wildman–Crippen LogP) is 4.63. The van der Waals surface area contributed by atoms with Gasteiger partial charge in [-0.15, -0.1) is 0 Å². The van der Waals surface area contributed by atoms with Gasteiger partial charge in [-0.1, -0.05) is 36.2 Å². The van der Waals surface area contributed by atoms with Crippen molar-refractivity contribution >= 4 is 46.4 Å². The summed E-state index contributed by atoms with van der Waals surface area (Å²) in [5.41, 5.74) is 1.58. The Balaban J connectivity index is 1.72. The largest absolute Gasteiger partial charge is 0.495 e. The Morgan fingerprint density at radius 1 is 1.09 bits per heavy atom. The third-order valence-corrected chi connectivity index (χ3v) is 7.27. The van der Waals surface area contributed by atoms with E-state index in [1.54, 1.807) is 36.4 Å². The maximum absolute atomic E-state index is 13.9. The van der Waals surface area contributed by atoms with Crippen molar-refractivity contribution in [1.29, 1.82) is 0 Å². The van der Waals surface area contributed by atoms with Gasteiger partial charge in [0.25, 0.3) is 11.8 Å². The molecule has 2 aromatic carbocycles. The number of hydrogen-bond acceptors (Lipinski definition) is 4. The van der Waals surface area contributed by atoms with Crippen LogP contribution in [-0.4, -0.2) is 29.1 Å². The summed E-state index contributed by atoms with van der Waals surface area (Å²) in [4.78, 5) is 29.2. The van der Waals surface area contributed by atoms with Gasteiger partial charge in [0, 0.05) is 38.0 Å². The van der Waals surface area contributed by atoms with Crippen LogP contribution in [0.5, 0.6) is 5.75 Å². The molecule has 1 fully saturated rings. The van der Waals surface area contributed by atoms with Gasteiger partial charge >= 0.3 is 0 Å². The topological polar surface area (TPSA) is 87.3 Å². The Morgan fingerprint density at radius 2 is 1.81 bits per heavy atom. The van der Waals surface area contributed by atoms with Crippen LogP contribution in [0, 0.1) is 0 Å². The number of carbonyl (C=O) groups excluding carboxylic acids is 2. The lowest BCUT2D eigenvalue weighted by Crippen LogP contribution is -2.51. The molecule has 2 amide bonds. The number of nitrogens with zero attached hydrogens (tertiary/aromatic N) is 2. The highest BCUT2D eigenvalue weighted by molar-refractivity contribution is 6.32. The van der Waals surface area contributed by atoms with Gasteiger partial charge in [-0.2, -0.15) is 5.10 Å². The molecule has 1 aromatic heterocycles. The number of anilines is 2. The van der Waals surface area contributed by atoms with E-state index in [4.69, 9.17) is 27.9 Å². The number of benzene rings is 2. The molecule has 1 unspecified atom stereocenters. The normalized spacial score (nSPS) is 22.2. The third kappa shape index (κ3) is 2.30. The standard InChI is InChI=1S/C23H18Cl2N4O3/c1-22(7-8-22)19-17-18(27-28-19)20(30)29(15-10-12(25)4-6-16(15)32-2)23(17)13-5-3-11(24)9-14(13)26-21(23)31/h3-6,9-10H,7-8H2,1-2H3,(H,26,31)(H,27,28). The Morgan fingerprint density at radius 3 is 2.53 bits per heavy atom. The molecule has 3 aliphatic rings. The Hall–Kier alpha value is -3.03. The predicted molar refractivity (Wildman–Crippen MR) is 121 cm³/mol. The van der Waals surface area contributed by atoms with Crippen molar-refractivity contribution in [3.05, 3.63) is 69.0 Å². The van der Waals surface area contributed by atoms with Crippen LogP contribution in [0.25, 0.3) is 0 Å². The maximum atomic E-state index is 13.9. The lowest BCUT2D eigenvalue weighted by molar-refractivity contribution is -0.119. The molecular formula is C23H18Cl2N4O3. The number of rotatable bonds is 3. The summed E-state index contributed by atoms with van der Waals surface area (Å²) in [6.45, 7) is 2.11. The van der Waals surface area contributed by atoms with Crippen LogP contribution >= 0.6 is 23.2 Å². The van der Waals surface area contributed by atoms with E-state index in [9.17, 15) is 9.59 Å². The average Bonchev–Trinajstić information content (AvgIpc) is 3.14. The zero-order chi connectivity index (χ0) is 22.4. The summed E-state index contributed by atoms with van der Waals surface area (Å²) in [6.07, 6.45) is 1.89. The van der Waals surface area contributed by atoms with E-state index in [2.05, 4.69) is 22.4 Å². The molecule has 1 saturated carbocycles. The Bertz CT molecular complexity index is 1350. The van der Waals surface area contributed by atoms with Gasteiger partial charge in [-0.3, -0.25) is 19.6 Å². The number of aromatic nitrogens is 2. The summed E-state index contributed by atoms with van der Waals surface area (Å²) >= 11 is 12.5. The first-order valence-electron chi connectivity index (χ1n) is 10.2. The minimum absolute atomic E-state index is 0.169. The molecule has 0 bridgehead atoms. The van der Waals surface area contributed by atoms with Crippen molar-refractivity contribution in [1.82, 2.24) is 10.2 Å². The molecule has 1 atom stereocenters. The number of amides is 2. The fourth-order valence-corrected chi connectivity index (χ4v) is 5.30. The number of hydrogen-bond donors (Lipinski definition) is 2. The summed E-state index contributed by atoms with van der Waals surface area (Å²) in [5.74, 6) is -0.327. The van der Waals surface area contributed by atoms with Gasteiger partial charge in [0.1, 0.15) is 5.75 Å². The molecule has 6 rings (SSSR count). The second kappa shape index (κ2) is 6.27. The molecule has 2 aliphatic heterocycles. The second-order valence-electron chi connectivity index (χ2n) is 8.69. The summed E-state index contributed by atoms with van der Waals surface area (Å²) in [5, 5.41) is 11.3. The number of methoxy groups -OCH3 is 1. The third-order valence-electron chi connectivity index (χ3n) is 6.80. The molecule has 2 N–H and O–H groups in total. The number of carbonyl (C=O) groups is 2. The highest BCUT2D eigenvalue weighted by Crippen LogP contribution is 2.59. The molecule has 9 heteroatoms. The fraction of sp³-hybridized carbons (Fsp3) is 0.261. The molecule has 0 radical (unpaired) electrons. The van der Waals surface area contributed by atoms with Crippen LogP contribution in [0.2, 0.25) is 10.0 Å². The van der Waals surface area contributed by atoms with E-state index in [-0.39, 0.29) is 17.0 Å². The molecule has 7 nitrogen and oxygen atoms in total. The maximum Gasteiger partial charge on any atom is 0.280 e. The van der Waals surface area contributed by atoms with E-state index in [1.807, 2.05) is 0 Å². The van der Waals surface area contributed by atoms with Gasteiger partial charge in [-0.25, -0.2) is 0 Å². The van der Waals surface area contributed by atoms with Crippen molar-refractivity contribution in [3.8, 4) is 5.75 Å². The quantitative estimate of drug-likeness (QED) is 0.586. The van der Waals surface area contributed by atoms with Gasteiger partial charge in [0.05, 0.1) is 12.8 Å². The van der Waals surface area contributed by atoms with Crippen LogP contribution in [0.4, 0.5) is 11.4 Å². The number of nitrogens with one attached hydrogen (secondary N) is 2. The first kappa shape index (κ1) is 19.6. The molecule has 1 spiro atoms. The summed E-state index contributed by atoms with van der Waals surface area (Å²) in [6, 6.07) is 10.2. The fourth-order valence-electron chi connectivity index (χ4n) is 4.96. The lowest BCUT2D eigenvalue weighted by atomic mass is 9.81. The van der Waals surface area contributed by atoms with Gasteiger partial charge in [0.15, 0.2) is 11.2 Å². The number of ether oxygens (including phenoxy) is 1. The highest BCUT2D eigenvalue weighted by Gasteiger charge is 2.65. The minimum Gasteiger partial charge on any atom is -0.495 e. The van der Waals surface area contributed by atoms with Crippen LogP contribution in [-0.2, 0) is 15.7 Å². The zero-order valence-electron chi connectivity index (χ0n) is 17.3. The molecule has 32 heavy (non-hydrogen) atoms.